The number of urea groups is 1. The Morgan fingerprint density at radius 3 is 2.57 bits per heavy atom. The average Bonchev–Trinajstić information content (AvgIpc) is 3.60. The van der Waals surface area contributed by atoms with E-state index in [0.717, 1.165) is 28.1 Å². The molecule has 0 bridgehead atoms. The van der Waals surface area contributed by atoms with Crippen molar-refractivity contribution < 1.29 is 22.7 Å². The van der Waals surface area contributed by atoms with Crippen LogP contribution in [-0.2, 0) is 6.42 Å². The lowest BCUT2D eigenvalue weighted by molar-refractivity contribution is -0.274. The van der Waals surface area contributed by atoms with Crippen LogP contribution in [0.15, 0.2) is 83.4 Å². The van der Waals surface area contributed by atoms with Gasteiger partial charge in [-0.05, 0) is 79.3 Å². The van der Waals surface area contributed by atoms with Crippen molar-refractivity contribution in [2.75, 3.05) is 6.54 Å². The number of rotatable bonds is 8. The first-order valence-corrected chi connectivity index (χ1v) is 14.8. The molecular formula is C32H31F3N6O2S. The lowest BCUT2D eigenvalue weighted by atomic mass is 9.99. The van der Waals surface area contributed by atoms with Crippen molar-refractivity contribution >= 4 is 17.4 Å². The van der Waals surface area contributed by atoms with E-state index >= 15 is 0 Å². The average molecular weight is 621 g/mol. The highest BCUT2D eigenvalue weighted by molar-refractivity contribution is 7.07. The minimum absolute atomic E-state index is 0.312. The Labute approximate surface area is 256 Å². The van der Waals surface area contributed by atoms with Crippen molar-refractivity contribution in [3.8, 4) is 28.5 Å². The second kappa shape index (κ2) is 12.9. The fraction of sp³-hybridized carbons (Fsp3) is 0.250. The summed E-state index contributed by atoms with van der Waals surface area (Å²) in [5.74, 6) is 0.452. The molecule has 5 rings (SSSR count). The van der Waals surface area contributed by atoms with Crippen molar-refractivity contribution in [2.45, 2.75) is 46.4 Å². The predicted octanol–water partition coefficient (Wildman–Crippen LogP) is 7.28. The molecule has 2 amide bonds. The summed E-state index contributed by atoms with van der Waals surface area (Å²) in [7, 11) is 0. The van der Waals surface area contributed by atoms with Gasteiger partial charge in [0.25, 0.3) is 0 Å². The molecule has 228 valence electrons. The van der Waals surface area contributed by atoms with E-state index < -0.39 is 12.4 Å². The van der Waals surface area contributed by atoms with Crippen LogP contribution in [0.1, 0.15) is 42.1 Å². The molecule has 0 aliphatic heterocycles. The fourth-order valence-corrected chi connectivity index (χ4v) is 5.59. The number of nitrogens with zero attached hydrogens (tertiary/aromatic N) is 5. The minimum Gasteiger partial charge on any atom is -0.406 e. The monoisotopic (exact) mass is 620 g/mol. The molecule has 0 unspecified atom stereocenters. The molecule has 0 aliphatic carbocycles. The molecule has 2 heterocycles. The summed E-state index contributed by atoms with van der Waals surface area (Å²) in [5.41, 5.74) is 6.63. The van der Waals surface area contributed by atoms with E-state index in [1.165, 1.54) is 52.2 Å². The number of benzene rings is 3. The molecule has 2 aromatic heterocycles. The zero-order chi connectivity index (χ0) is 31.4. The van der Waals surface area contributed by atoms with Crippen LogP contribution in [0, 0.1) is 13.8 Å². The molecule has 0 atom stereocenters. The van der Waals surface area contributed by atoms with Crippen molar-refractivity contribution in [3.05, 3.63) is 106 Å². The number of ether oxygens (including phenoxy) is 1. The summed E-state index contributed by atoms with van der Waals surface area (Å²) in [6.45, 7) is 8.74. The number of nitrogens with one attached hydrogen (secondary N) is 1. The van der Waals surface area contributed by atoms with E-state index in [1.54, 1.807) is 0 Å². The zero-order valence-corrected chi connectivity index (χ0v) is 25.4. The molecule has 0 fully saturated rings. The Morgan fingerprint density at radius 2 is 1.84 bits per heavy atom. The number of aryl methyl sites for hydroxylation is 2. The highest BCUT2D eigenvalue weighted by Crippen LogP contribution is 2.26. The molecule has 44 heavy (non-hydrogen) atoms. The van der Waals surface area contributed by atoms with Gasteiger partial charge in [-0.15, -0.1) is 29.6 Å². The molecule has 0 aliphatic rings. The number of carbonyl (C=O) groups excluding carboxylic acids is 1. The summed E-state index contributed by atoms with van der Waals surface area (Å²) in [5, 5.41) is 9.35. The van der Waals surface area contributed by atoms with Crippen LogP contribution in [0.5, 0.6) is 5.75 Å². The fourth-order valence-electron chi connectivity index (χ4n) is 4.73. The predicted molar refractivity (Wildman–Crippen MR) is 163 cm³/mol. The van der Waals surface area contributed by atoms with Gasteiger partial charge in [-0.3, -0.25) is 4.57 Å². The lowest BCUT2D eigenvalue weighted by Gasteiger charge is -2.16. The zero-order valence-electron chi connectivity index (χ0n) is 24.6. The van der Waals surface area contributed by atoms with Gasteiger partial charge in [-0.25, -0.2) is 14.5 Å². The first-order valence-electron chi connectivity index (χ1n) is 13.9. The van der Waals surface area contributed by atoms with E-state index in [-0.39, 0.29) is 5.75 Å². The third-order valence-corrected chi connectivity index (χ3v) is 7.77. The van der Waals surface area contributed by atoms with Crippen molar-refractivity contribution in [2.24, 2.45) is 4.99 Å². The third kappa shape index (κ3) is 7.43. The Hall–Kier alpha value is -4.71. The van der Waals surface area contributed by atoms with Gasteiger partial charge in [0.05, 0.1) is 11.4 Å². The Balaban J connectivity index is 1.24. The molecule has 0 saturated carbocycles. The van der Waals surface area contributed by atoms with E-state index in [9.17, 15) is 18.0 Å². The second-order valence-electron chi connectivity index (χ2n) is 10.6. The molecule has 0 spiro atoms. The molecule has 0 saturated heterocycles. The summed E-state index contributed by atoms with van der Waals surface area (Å²) >= 11 is 1.43. The van der Waals surface area contributed by atoms with Gasteiger partial charge in [-0.1, -0.05) is 44.2 Å². The van der Waals surface area contributed by atoms with Crippen molar-refractivity contribution in [1.29, 1.82) is 0 Å². The van der Waals surface area contributed by atoms with Gasteiger partial charge in [-0.2, -0.15) is 4.99 Å². The van der Waals surface area contributed by atoms with Crippen LogP contribution in [-0.4, -0.2) is 38.3 Å². The van der Waals surface area contributed by atoms with E-state index in [1.807, 2.05) is 41.1 Å². The maximum Gasteiger partial charge on any atom is 0.573 e. The number of carbonyl (C=O) groups is 1. The van der Waals surface area contributed by atoms with E-state index in [0.29, 0.717) is 35.2 Å². The van der Waals surface area contributed by atoms with Crippen LogP contribution < -0.4 is 14.9 Å². The number of aromatic nitrogens is 4. The lowest BCUT2D eigenvalue weighted by Crippen LogP contribution is -2.26. The summed E-state index contributed by atoms with van der Waals surface area (Å²) in [6, 6.07) is 18.9. The first kappa shape index (κ1) is 30.7. The second-order valence-corrected chi connectivity index (χ2v) is 11.4. The van der Waals surface area contributed by atoms with Gasteiger partial charge in [0.2, 0.25) is 0 Å². The highest BCUT2D eigenvalue weighted by Gasteiger charge is 2.31. The van der Waals surface area contributed by atoms with Crippen LogP contribution in [0.2, 0.25) is 0 Å². The van der Waals surface area contributed by atoms with Gasteiger partial charge < -0.3 is 10.1 Å². The number of hydrogen-bond donors (Lipinski definition) is 1. The summed E-state index contributed by atoms with van der Waals surface area (Å²) in [6.07, 6.45) is -2.70. The van der Waals surface area contributed by atoms with Crippen molar-refractivity contribution in [1.82, 2.24) is 24.6 Å². The van der Waals surface area contributed by atoms with Gasteiger partial charge in [0.15, 0.2) is 10.6 Å². The van der Waals surface area contributed by atoms with Gasteiger partial charge >= 0.3 is 12.4 Å². The maximum atomic E-state index is 12.8. The van der Waals surface area contributed by atoms with E-state index in [2.05, 4.69) is 64.1 Å². The number of hydrogen-bond acceptors (Lipinski definition) is 5. The smallest absolute Gasteiger partial charge is 0.406 e. The van der Waals surface area contributed by atoms with Gasteiger partial charge in [0.1, 0.15) is 12.1 Å². The molecule has 3 aromatic carbocycles. The standard InChI is InChI=1S/C32H31F3N6O2S/c1-20(2)27-13-8-21(3)16-28(27)41-22(4)18-44-31(41)38-30(42)36-15-14-23-6-5-7-24(17-23)29-37-19-40(39-29)25-9-11-26(12-10-25)43-32(33,34)35/h5-13,16-20H,14-15H2,1-4H3,(H,36,42)/b38-31-. The Bertz CT molecular complexity index is 1840. The quantitative estimate of drug-likeness (QED) is 0.198. The van der Waals surface area contributed by atoms with Gasteiger partial charge in [0, 0.05) is 23.2 Å². The summed E-state index contributed by atoms with van der Waals surface area (Å²) in [4.78, 5) is 22.2. The number of amides is 2. The third-order valence-electron chi connectivity index (χ3n) is 6.83. The van der Waals surface area contributed by atoms with E-state index in [4.69, 9.17) is 0 Å². The number of halogens is 3. The molecule has 8 nitrogen and oxygen atoms in total. The highest BCUT2D eigenvalue weighted by atomic mass is 32.1. The van der Waals surface area contributed by atoms with Crippen molar-refractivity contribution in [3.63, 3.8) is 0 Å². The Kier molecular flexibility index (Phi) is 9.00. The Morgan fingerprint density at radius 1 is 1.07 bits per heavy atom. The van der Waals surface area contributed by atoms with Crippen LogP contribution in [0.4, 0.5) is 18.0 Å². The molecule has 5 aromatic rings. The minimum atomic E-state index is -4.75. The SMILES string of the molecule is Cc1ccc(C(C)C)c(-n2c(C)cs/c2=N\C(=O)NCCc2cccc(-c3ncn(-c4ccc(OC(F)(F)F)cc4)n3)c2)c1. The van der Waals surface area contributed by atoms with Crippen LogP contribution in [0.25, 0.3) is 22.8 Å². The number of alkyl halides is 3. The summed E-state index contributed by atoms with van der Waals surface area (Å²) < 4.78 is 44.7. The topological polar surface area (TPSA) is 86.3 Å². The largest absolute Gasteiger partial charge is 0.573 e. The van der Waals surface area contributed by atoms with Crippen LogP contribution in [0.3, 0.4) is 0 Å². The number of thiazole rings is 1. The molecular weight excluding hydrogens is 589 g/mol. The first-order chi connectivity index (χ1) is 21.0. The molecule has 0 radical (unpaired) electrons. The molecule has 12 heteroatoms. The van der Waals surface area contributed by atoms with Crippen LogP contribution >= 0.6 is 11.3 Å². The maximum absolute atomic E-state index is 12.8. The molecule has 1 N–H and O–H groups in total. The normalized spacial score (nSPS) is 12.1.